The van der Waals surface area contributed by atoms with Crippen molar-refractivity contribution in [2.75, 3.05) is 0 Å². The quantitative estimate of drug-likeness (QED) is 0.367. The summed E-state index contributed by atoms with van der Waals surface area (Å²) < 4.78 is 13.1. The van der Waals surface area contributed by atoms with Gasteiger partial charge in [-0.2, -0.15) is 0 Å². The zero-order valence-electron chi connectivity index (χ0n) is 6.66. The van der Waals surface area contributed by atoms with Crippen LogP contribution in [0.1, 0.15) is 11.1 Å². The van der Waals surface area contributed by atoms with Gasteiger partial charge in [0.1, 0.15) is 5.82 Å². The third-order valence-corrected chi connectivity index (χ3v) is 1.58. The second kappa shape index (κ2) is 3.74. The van der Waals surface area contributed by atoms with Crippen LogP contribution in [0.4, 0.5) is 4.39 Å². The van der Waals surface area contributed by atoms with E-state index in [1.807, 2.05) is 0 Å². The molecular formula is C8H8FN3. The Morgan fingerprint density at radius 1 is 1.58 bits per heavy atom. The summed E-state index contributed by atoms with van der Waals surface area (Å²) in [5.41, 5.74) is 9.03. The molecule has 0 atom stereocenters. The highest BCUT2D eigenvalue weighted by Gasteiger charge is 2.01. The van der Waals surface area contributed by atoms with E-state index >= 15 is 0 Å². The first kappa shape index (κ1) is 8.56. The first-order valence-corrected chi connectivity index (χ1v) is 3.50. The Hall–Kier alpha value is -1.54. The maximum absolute atomic E-state index is 13.1. The molecule has 0 aliphatic rings. The fourth-order valence-electron chi connectivity index (χ4n) is 0.938. The molecule has 12 heavy (non-hydrogen) atoms. The van der Waals surface area contributed by atoms with Gasteiger partial charge in [-0.25, -0.2) is 4.39 Å². The molecule has 0 unspecified atom stereocenters. The van der Waals surface area contributed by atoms with Crippen molar-refractivity contribution in [2.45, 2.75) is 13.5 Å². The standard InChI is InChI=1S/C8H8FN3/c1-6-3-2-4-7(8(6)9)5-11-12-10/h2-4H,5H2,1H3. The summed E-state index contributed by atoms with van der Waals surface area (Å²) in [6.07, 6.45) is 0. The minimum atomic E-state index is -0.287. The predicted octanol–water partition coefficient (Wildman–Crippen LogP) is 2.94. The summed E-state index contributed by atoms with van der Waals surface area (Å²) in [6.45, 7) is 1.75. The Bertz CT molecular complexity index is 329. The van der Waals surface area contributed by atoms with E-state index in [9.17, 15) is 4.39 Å². The van der Waals surface area contributed by atoms with Gasteiger partial charge < -0.3 is 0 Å². The fraction of sp³-hybridized carbons (Fsp3) is 0.250. The first-order valence-electron chi connectivity index (χ1n) is 3.50. The van der Waals surface area contributed by atoms with Crippen LogP contribution in [-0.2, 0) is 6.54 Å². The minimum absolute atomic E-state index is 0.0734. The van der Waals surface area contributed by atoms with Crippen molar-refractivity contribution in [3.63, 3.8) is 0 Å². The Morgan fingerprint density at radius 2 is 2.33 bits per heavy atom. The number of hydrogen-bond acceptors (Lipinski definition) is 1. The number of nitrogens with zero attached hydrogens (tertiary/aromatic N) is 3. The number of aryl methyl sites for hydroxylation is 1. The third-order valence-electron chi connectivity index (χ3n) is 1.58. The number of hydrogen-bond donors (Lipinski definition) is 0. The Balaban J connectivity index is 2.99. The molecule has 0 aliphatic heterocycles. The van der Waals surface area contributed by atoms with E-state index in [0.717, 1.165) is 0 Å². The monoisotopic (exact) mass is 165 g/mol. The molecule has 0 saturated heterocycles. The largest absolute Gasteiger partial charge is 0.206 e. The predicted molar refractivity (Wildman–Crippen MR) is 44.0 cm³/mol. The van der Waals surface area contributed by atoms with Crippen molar-refractivity contribution in [1.29, 1.82) is 0 Å². The molecule has 3 nitrogen and oxygen atoms in total. The second-order valence-corrected chi connectivity index (χ2v) is 2.44. The highest BCUT2D eigenvalue weighted by atomic mass is 19.1. The second-order valence-electron chi connectivity index (χ2n) is 2.44. The molecule has 0 fully saturated rings. The van der Waals surface area contributed by atoms with Gasteiger partial charge in [0, 0.05) is 4.91 Å². The number of halogens is 1. The molecule has 0 aliphatic carbocycles. The van der Waals surface area contributed by atoms with Crippen LogP contribution in [-0.4, -0.2) is 0 Å². The zero-order valence-corrected chi connectivity index (χ0v) is 6.66. The molecule has 1 aromatic carbocycles. The molecule has 1 aromatic rings. The lowest BCUT2D eigenvalue weighted by Crippen LogP contribution is -1.90. The van der Waals surface area contributed by atoms with E-state index in [-0.39, 0.29) is 12.4 Å². The van der Waals surface area contributed by atoms with E-state index in [0.29, 0.717) is 11.1 Å². The number of benzene rings is 1. The molecule has 0 N–H and O–H groups in total. The van der Waals surface area contributed by atoms with Gasteiger partial charge in [-0.3, -0.25) is 0 Å². The maximum atomic E-state index is 13.1. The molecule has 0 amide bonds. The van der Waals surface area contributed by atoms with Crippen molar-refractivity contribution >= 4 is 0 Å². The van der Waals surface area contributed by atoms with Crippen LogP contribution in [0.25, 0.3) is 10.4 Å². The van der Waals surface area contributed by atoms with Crippen molar-refractivity contribution in [1.82, 2.24) is 0 Å². The topological polar surface area (TPSA) is 48.8 Å². The van der Waals surface area contributed by atoms with Crippen LogP contribution in [0.5, 0.6) is 0 Å². The molecular weight excluding hydrogens is 157 g/mol. The van der Waals surface area contributed by atoms with Gasteiger partial charge in [-0.1, -0.05) is 23.3 Å². The van der Waals surface area contributed by atoms with Gasteiger partial charge in [0.05, 0.1) is 6.54 Å². The molecule has 0 spiro atoms. The lowest BCUT2D eigenvalue weighted by atomic mass is 10.1. The van der Waals surface area contributed by atoms with Crippen molar-refractivity contribution in [3.8, 4) is 0 Å². The summed E-state index contributed by atoms with van der Waals surface area (Å²) >= 11 is 0. The zero-order chi connectivity index (χ0) is 8.97. The summed E-state index contributed by atoms with van der Waals surface area (Å²) in [4.78, 5) is 2.56. The Kier molecular flexibility index (Phi) is 2.66. The molecule has 0 bridgehead atoms. The van der Waals surface area contributed by atoms with Gasteiger partial charge >= 0.3 is 0 Å². The van der Waals surface area contributed by atoms with Gasteiger partial charge in [-0.15, -0.1) is 0 Å². The number of azide groups is 1. The van der Waals surface area contributed by atoms with E-state index in [4.69, 9.17) is 5.53 Å². The molecule has 0 aromatic heterocycles. The third kappa shape index (κ3) is 1.74. The Labute approximate surface area is 69.5 Å². The highest BCUT2D eigenvalue weighted by Crippen LogP contribution is 2.12. The summed E-state index contributed by atoms with van der Waals surface area (Å²) in [5.74, 6) is -0.287. The van der Waals surface area contributed by atoms with Gasteiger partial charge in [0.2, 0.25) is 0 Å². The summed E-state index contributed by atoms with van der Waals surface area (Å²) in [7, 11) is 0. The van der Waals surface area contributed by atoms with Crippen LogP contribution in [0.15, 0.2) is 23.3 Å². The smallest absolute Gasteiger partial charge is 0.129 e. The molecule has 1 rings (SSSR count). The lowest BCUT2D eigenvalue weighted by Gasteiger charge is -2.00. The molecule has 62 valence electrons. The average Bonchev–Trinajstić information content (AvgIpc) is 2.08. The lowest BCUT2D eigenvalue weighted by molar-refractivity contribution is 0.601. The molecule has 0 radical (unpaired) electrons. The van der Waals surface area contributed by atoms with Crippen LogP contribution >= 0.6 is 0 Å². The van der Waals surface area contributed by atoms with Crippen molar-refractivity contribution in [2.24, 2.45) is 5.11 Å². The van der Waals surface area contributed by atoms with Crippen LogP contribution in [0.3, 0.4) is 0 Å². The SMILES string of the molecule is Cc1cccc(CN=[N+]=[N-])c1F. The van der Waals surface area contributed by atoms with Crippen LogP contribution < -0.4 is 0 Å². The summed E-state index contributed by atoms with van der Waals surface area (Å²) in [5, 5.41) is 3.28. The number of rotatable bonds is 2. The summed E-state index contributed by atoms with van der Waals surface area (Å²) in [6, 6.07) is 5.02. The van der Waals surface area contributed by atoms with Crippen molar-refractivity contribution in [3.05, 3.63) is 45.6 Å². The van der Waals surface area contributed by atoms with Crippen LogP contribution in [0, 0.1) is 12.7 Å². The highest BCUT2D eigenvalue weighted by molar-refractivity contribution is 5.24. The molecule has 0 saturated carbocycles. The van der Waals surface area contributed by atoms with Gasteiger partial charge in [0.25, 0.3) is 0 Å². The van der Waals surface area contributed by atoms with Gasteiger partial charge in [0.15, 0.2) is 0 Å². The van der Waals surface area contributed by atoms with Crippen LogP contribution in [0.2, 0.25) is 0 Å². The van der Waals surface area contributed by atoms with E-state index in [1.165, 1.54) is 0 Å². The van der Waals surface area contributed by atoms with E-state index in [2.05, 4.69) is 10.0 Å². The fourth-order valence-corrected chi connectivity index (χ4v) is 0.938. The maximum Gasteiger partial charge on any atom is 0.129 e. The molecule has 4 heteroatoms. The normalized spacial score (nSPS) is 9.17. The minimum Gasteiger partial charge on any atom is -0.206 e. The Morgan fingerprint density at radius 3 is 3.00 bits per heavy atom. The van der Waals surface area contributed by atoms with E-state index < -0.39 is 0 Å². The van der Waals surface area contributed by atoms with E-state index in [1.54, 1.807) is 25.1 Å². The van der Waals surface area contributed by atoms with Gasteiger partial charge in [-0.05, 0) is 23.6 Å². The average molecular weight is 165 g/mol. The first-order chi connectivity index (χ1) is 5.75. The molecule has 0 heterocycles. The van der Waals surface area contributed by atoms with Crippen molar-refractivity contribution < 1.29 is 4.39 Å².